The number of likely N-dealkylation sites (tertiary alicyclic amines) is 1. The first-order valence-corrected chi connectivity index (χ1v) is 8.77. The summed E-state index contributed by atoms with van der Waals surface area (Å²) in [4.78, 5) is 14.1. The van der Waals surface area contributed by atoms with Crippen LogP contribution in [0, 0.1) is 18.8 Å². The van der Waals surface area contributed by atoms with Gasteiger partial charge in [-0.05, 0) is 37.7 Å². The van der Waals surface area contributed by atoms with Gasteiger partial charge >= 0.3 is 0 Å². The van der Waals surface area contributed by atoms with Gasteiger partial charge in [0.15, 0.2) is 0 Å². The molecule has 1 saturated heterocycles. The predicted octanol–water partition coefficient (Wildman–Crippen LogP) is 2.05. The van der Waals surface area contributed by atoms with Gasteiger partial charge < -0.3 is 15.3 Å². The molecule has 0 bridgehead atoms. The van der Waals surface area contributed by atoms with E-state index >= 15 is 0 Å². The summed E-state index contributed by atoms with van der Waals surface area (Å²) < 4.78 is 0. The van der Waals surface area contributed by atoms with E-state index < -0.39 is 5.60 Å². The lowest BCUT2D eigenvalue weighted by atomic mass is 9.84. The van der Waals surface area contributed by atoms with Crippen molar-refractivity contribution in [1.29, 1.82) is 0 Å². The minimum absolute atomic E-state index is 0.214. The lowest BCUT2D eigenvalue weighted by Gasteiger charge is -2.38. The molecule has 0 aromatic heterocycles. The Morgan fingerprint density at radius 3 is 2.48 bits per heavy atom. The fourth-order valence-electron chi connectivity index (χ4n) is 3.45. The average Bonchev–Trinajstić information content (AvgIpc) is 3.27. The van der Waals surface area contributed by atoms with Crippen LogP contribution in [0.1, 0.15) is 37.3 Å². The molecule has 23 heavy (non-hydrogen) atoms. The maximum absolute atomic E-state index is 11.8. The van der Waals surface area contributed by atoms with Crippen molar-refractivity contribution < 1.29 is 9.90 Å². The Bertz CT molecular complexity index is 547. The van der Waals surface area contributed by atoms with Crippen molar-refractivity contribution in [1.82, 2.24) is 10.2 Å². The average molecular weight is 316 g/mol. The van der Waals surface area contributed by atoms with Crippen molar-refractivity contribution in [2.24, 2.45) is 11.8 Å². The minimum atomic E-state index is -0.698. The van der Waals surface area contributed by atoms with E-state index in [0.29, 0.717) is 12.5 Å². The van der Waals surface area contributed by atoms with Gasteiger partial charge in [-0.15, -0.1) is 0 Å². The smallest absolute Gasteiger partial charge is 0.223 e. The highest BCUT2D eigenvalue weighted by molar-refractivity contribution is 5.81. The number of carbonyl (C=O) groups is 1. The highest BCUT2D eigenvalue weighted by Gasteiger charge is 2.39. The maximum Gasteiger partial charge on any atom is 0.223 e. The third kappa shape index (κ3) is 3.93. The number of nitrogens with one attached hydrogen (secondary N) is 1. The van der Waals surface area contributed by atoms with Crippen molar-refractivity contribution in [2.75, 3.05) is 26.2 Å². The highest BCUT2D eigenvalue weighted by Crippen LogP contribution is 2.37. The van der Waals surface area contributed by atoms with Crippen LogP contribution >= 0.6 is 0 Å². The number of rotatable bonds is 5. The SMILES string of the molecule is Cc1ccc(C2(O)CCN(CCNC(=O)[C@@H]3C[C@H]3C)CC2)cc1. The number of nitrogens with zero attached hydrogens (tertiary/aromatic N) is 1. The van der Waals surface area contributed by atoms with Crippen LogP contribution in [0.15, 0.2) is 24.3 Å². The summed E-state index contributed by atoms with van der Waals surface area (Å²) in [7, 11) is 0. The summed E-state index contributed by atoms with van der Waals surface area (Å²) in [5.74, 6) is 1.03. The zero-order chi connectivity index (χ0) is 16.4. The van der Waals surface area contributed by atoms with E-state index in [9.17, 15) is 9.90 Å². The second kappa shape index (κ2) is 6.62. The summed E-state index contributed by atoms with van der Waals surface area (Å²) in [6.45, 7) is 7.52. The van der Waals surface area contributed by atoms with Crippen LogP contribution in [0.3, 0.4) is 0 Å². The van der Waals surface area contributed by atoms with Crippen molar-refractivity contribution in [3.8, 4) is 0 Å². The van der Waals surface area contributed by atoms with Crippen LogP contribution in [0.5, 0.6) is 0 Å². The third-order valence-corrected chi connectivity index (χ3v) is 5.45. The molecule has 1 aromatic carbocycles. The lowest BCUT2D eigenvalue weighted by Crippen LogP contribution is -2.45. The van der Waals surface area contributed by atoms with Crippen LogP contribution in [0.4, 0.5) is 0 Å². The standard InChI is InChI=1S/C19H28N2O2/c1-14-3-5-16(6-4-14)19(23)7-10-21(11-8-19)12-9-20-18(22)17-13-15(17)2/h3-6,15,17,23H,7-13H2,1-2H3,(H,20,22)/t15-,17-/m1/s1. The fourth-order valence-corrected chi connectivity index (χ4v) is 3.45. The molecule has 1 saturated carbocycles. The molecule has 126 valence electrons. The Kier molecular flexibility index (Phi) is 4.74. The summed E-state index contributed by atoms with van der Waals surface area (Å²) in [5.41, 5.74) is 1.55. The lowest BCUT2D eigenvalue weighted by molar-refractivity contribution is -0.122. The Morgan fingerprint density at radius 1 is 1.30 bits per heavy atom. The van der Waals surface area contributed by atoms with Gasteiger partial charge in [-0.1, -0.05) is 36.8 Å². The molecule has 4 nitrogen and oxygen atoms in total. The van der Waals surface area contributed by atoms with E-state index in [2.05, 4.69) is 36.2 Å². The molecule has 0 unspecified atom stereocenters. The van der Waals surface area contributed by atoms with E-state index in [1.165, 1.54) is 5.56 Å². The molecule has 0 radical (unpaired) electrons. The minimum Gasteiger partial charge on any atom is -0.385 e. The molecule has 2 atom stereocenters. The van der Waals surface area contributed by atoms with Crippen LogP contribution in [0.2, 0.25) is 0 Å². The normalized spacial score (nSPS) is 26.7. The van der Waals surface area contributed by atoms with Gasteiger partial charge in [0.25, 0.3) is 0 Å². The van der Waals surface area contributed by atoms with Crippen molar-refractivity contribution in [3.05, 3.63) is 35.4 Å². The fraction of sp³-hybridized carbons (Fsp3) is 0.632. The first-order valence-electron chi connectivity index (χ1n) is 8.77. The van der Waals surface area contributed by atoms with Gasteiger partial charge in [-0.3, -0.25) is 4.79 Å². The van der Waals surface area contributed by atoms with Gasteiger partial charge in [-0.2, -0.15) is 0 Å². The van der Waals surface area contributed by atoms with Crippen LogP contribution in [-0.2, 0) is 10.4 Å². The third-order valence-electron chi connectivity index (χ3n) is 5.45. The number of piperidine rings is 1. The Balaban J connectivity index is 1.43. The van der Waals surface area contributed by atoms with Gasteiger partial charge in [-0.25, -0.2) is 0 Å². The molecular formula is C19H28N2O2. The number of benzene rings is 1. The molecule has 1 amide bonds. The van der Waals surface area contributed by atoms with Crippen molar-refractivity contribution >= 4 is 5.91 Å². The van der Waals surface area contributed by atoms with Crippen LogP contribution in [-0.4, -0.2) is 42.1 Å². The molecular weight excluding hydrogens is 288 g/mol. The Morgan fingerprint density at radius 2 is 1.91 bits per heavy atom. The van der Waals surface area contributed by atoms with E-state index in [1.54, 1.807) is 0 Å². The van der Waals surface area contributed by atoms with Gasteiger partial charge in [0, 0.05) is 32.1 Å². The van der Waals surface area contributed by atoms with Gasteiger partial charge in [0.2, 0.25) is 5.91 Å². The summed E-state index contributed by atoms with van der Waals surface area (Å²) in [5, 5.41) is 13.9. The summed E-state index contributed by atoms with van der Waals surface area (Å²) in [6.07, 6.45) is 2.55. The Hall–Kier alpha value is -1.39. The van der Waals surface area contributed by atoms with E-state index in [-0.39, 0.29) is 11.8 Å². The number of hydrogen-bond acceptors (Lipinski definition) is 3. The van der Waals surface area contributed by atoms with E-state index in [4.69, 9.17) is 0 Å². The molecule has 2 N–H and O–H groups in total. The summed E-state index contributed by atoms with van der Waals surface area (Å²) in [6, 6.07) is 8.21. The first kappa shape index (κ1) is 16.5. The monoisotopic (exact) mass is 316 g/mol. The quantitative estimate of drug-likeness (QED) is 0.874. The number of aliphatic hydroxyl groups is 1. The largest absolute Gasteiger partial charge is 0.385 e. The predicted molar refractivity (Wildman–Crippen MR) is 91.0 cm³/mol. The molecule has 2 aliphatic rings. The number of carbonyl (C=O) groups excluding carboxylic acids is 1. The van der Waals surface area contributed by atoms with E-state index in [1.807, 2.05) is 12.1 Å². The van der Waals surface area contributed by atoms with Crippen LogP contribution in [0.25, 0.3) is 0 Å². The first-order chi connectivity index (χ1) is 11.0. The number of amides is 1. The maximum atomic E-state index is 11.8. The van der Waals surface area contributed by atoms with Gasteiger partial charge in [0.1, 0.15) is 0 Å². The molecule has 1 aromatic rings. The van der Waals surface area contributed by atoms with Gasteiger partial charge in [0.05, 0.1) is 5.60 Å². The topological polar surface area (TPSA) is 52.6 Å². The molecule has 1 aliphatic carbocycles. The molecule has 2 fully saturated rings. The van der Waals surface area contributed by atoms with Crippen LogP contribution < -0.4 is 5.32 Å². The molecule has 4 heteroatoms. The molecule has 1 aliphatic heterocycles. The molecule has 0 spiro atoms. The second-order valence-corrected chi connectivity index (χ2v) is 7.35. The van der Waals surface area contributed by atoms with Crippen molar-refractivity contribution in [2.45, 2.75) is 38.7 Å². The summed E-state index contributed by atoms with van der Waals surface area (Å²) >= 11 is 0. The van der Waals surface area contributed by atoms with Crippen molar-refractivity contribution in [3.63, 3.8) is 0 Å². The number of aryl methyl sites for hydroxylation is 1. The zero-order valence-electron chi connectivity index (χ0n) is 14.2. The zero-order valence-corrected chi connectivity index (χ0v) is 14.2. The van der Waals surface area contributed by atoms with E-state index in [0.717, 1.165) is 44.5 Å². The molecule has 1 heterocycles. The second-order valence-electron chi connectivity index (χ2n) is 7.35. The highest BCUT2D eigenvalue weighted by atomic mass is 16.3. The number of hydrogen-bond donors (Lipinski definition) is 2. The molecule has 3 rings (SSSR count). The Labute approximate surface area is 138 Å².